The molecule has 2 N–H and O–H groups in total. The van der Waals surface area contributed by atoms with E-state index in [-0.39, 0.29) is 11.7 Å². The van der Waals surface area contributed by atoms with Crippen molar-refractivity contribution in [3.8, 4) is 0 Å². The van der Waals surface area contributed by atoms with Gasteiger partial charge in [0.1, 0.15) is 0 Å². The number of carbonyl (C=O) groups is 2. The van der Waals surface area contributed by atoms with Crippen molar-refractivity contribution in [1.29, 1.82) is 0 Å². The maximum atomic E-state index is 12.0. The monoisotopic (exact) mass is 324 g/mol. The summed E-state index contributed by atoms with van der Waals surface area (Å²) < 4.78 is 0. The van der Waals surface area contributed by atoms with E-state index >= 15 is 0 Å². The summed E-state index contributed by atoms with van der Waals surface area (Å²) in [5, 5.41) is 6.19. The van der Waals surface area contributed by atoms with E-state index in [4.69, 9.17) is 0 Å². The van der Waals surface area contributed by atoms with Gasteiger partial charge >= 0.3 is 0 Å². The summed E-state index contributed by atoms with van der Waals surface area (Å²) in [6.45, 7) is 8.31. The molecule has 0 unspecified atom stereocenters. The SMILES string of the molecule is CC(=O)c1ccc(NC(=O)CCNc2c(C)cc(C)cc2C)cc1. The van der Waals surface area contributed by atoms with Crippen LogP contribution in [0.2, 0.25) is 0 Å². The maximum absolute atomic E-state index is 12.0. The lowest BCUT2D eigenvalue weighted by Gasteiger charge is -2.14. The molecule has 0 atom stereocenters. The minimum absolute atomic E-state index is 0.0147. The molecule has 0 aromatic heterocycles. The lowest BCUT2D eigenvalue weighted by atomic mass is 10.1. The molecule has 0 radical (unpaired) electrons. The predicted molar refractivity (Wildman–Crippen MR) is 98.8 cm³/mol. The van der Waals surface area contributed by atoms with E-state index in [9.17, 15) is 9.59 Å². The van der Waals surface area contributed by atoms with Crippen molar-refractivity contribution >= 4 is 23.1 Å². The molecule has 126 valence electrons. The first-order valence-corrected chi connectivity index (χ1v) is 8.09. The zero-order valence-electron chi connectivity index (χ0n) is 14.7. The molecule has 0 saturated heterocycles. The second-order valence-corrected chi connectivity index (χ2v) is 6.13. The topological polar surface area (TPSA) is 58.2 Å². The number of hydrogen-bond acceptors (Lipinski definition) is 3. The molecule has 1 amide bonds. The Hall–Kier alpha value is -2.62. The van der Waals surface area contributed by atoms with Crippen LogP contribution in [0.3, 0.4) is 0 Å². The average molecular weight is 324 g/mol. The average Bonchev–Trinajstić information content (AvgIpc) is 2.50. The van der Waals surface area contributed by atoms with E-state index in [1.165, 1.54) is 23.6 Å². The molecule has 2 rings (SSSR count). The molecule has 0 bridgehead atoms. The van der Waals surface area contributed by atoms with Crippen LogP contribution in [0.25, 0.3) is 0 Å². The molecule has 2 aromatic rings. The molecule has 0 fully saturated rings. The molecule has 0 aliphatic heterocycles. The first-order chi connectivity index (χ1) is 11.4. The van der Waals surface area contributed by atoms with Crippen LogP contribution in [0.15, 0.2) is 36.4 Å². The minimum atomic E-state index is -0.0551. The van der Waals surface area contributed by atoms with Gasteiger partial charge in [-0.25, -0.2) is 0 Å². The fourth-order valence-corrected chi connectivity index (χ4v) is 2.77. The van der Waals surface area contributed by atoms with Gasteiger partial charge in [0.15, 0.2) is 5.78 Å². The molecule has 0 heterocycles. The number of carbonyl (C=O) groups excluding carboxylic acids is 2. The Morgan fingerprint density at radius 2 is 1.54 bits per heavy atom. The Bertz CT molecular complexity index is 726. The minimum Gasteiger partial charge on any atom is -0.384 e. The second kappa shape index (κ2) is 7.77. The number of rotatable bonds is 6. The smallest absolute Gasteiger partial charge is 0.226 e. The third kappa shape index (κ3) is 4.69. The van der Waals surface area contributed by atoms with Crippen LogP contribution in [-0.4, -0.2) is 18.2 Å². The van der Waals surface area contributed by atoms with Crippen molar-refractivity contribution in [2.45, 2.75) is 34.1 Å². The third-order valence-corrected chi connectivity index (χ3v) is 3.91. The fraction of sp³-hybridized carbons (Fsp3) is 0.300. The van der Waals surface area contributed by atoms with Crippen molar-refractivity contribution in [3.63, 3.8) is 0 Å². The van der Waals surface area contributed by atoms with Crippen LogP contribution in [0.5, 0.6) is 0 Å². The summed E-state index contributed by atoms with van der Waals surface area (Å²) in [7, 11) is 0. The lowest BCUT2D eigenvalue weighted by Crippen LogP contribution is -2.17. The number of hydrogen-bond donors (Lipinski definition) is 2. The van der Waals surface area contributed by atoms with Crippen LogP contribution in [-0.2, 0) is 4.79 Å². The summed E-state index contributed by atoms with van der Waals surface area (Å²) in [6, 6.07) is 11.2. The molecule has 4 heteroatoms. The van der Waals surface area contributed by atoms with Crippen molar-refractivity contribution < 1.29 is 9.59 Å². The molecule has 4 nitrogen and oxygen atoms in total. The fourth-order valence-electron chi connectivity index (χ4n) is 2.77. The van der Waals surface area contributed by atoms with E-state index in [1.54, 1.807) is 24.3 Å². The van der Waals surface area contributed by atoms with Crippen molar-refractivity contribution in [2.75, 3.05) is 17.2 Å². The van der Waals surface area contributed by atoms with Gasteiger partial charge in [-0.1, -0.05) is 17.7 Å². The quantitative estimate of drug-likeness (QED) is 0.781. The highest BCUT2D eigenvalue weighted by molar-refractivity contribution is 5.95. The highest BCUT2D eigenvalue weighted by atomic mass is 16.1. The van der Waals surface area contributed by atoms with Crippen molar-refractivity contribution in [1.82, 2.24) is 0 Å². The molecular weight excluding hydrogens is 300 g/mol. The van der Waals surface area contributed by atoms with Gasteiger partial charge < -0.3 is 10.6 Å². The summed E-state index contributed by atoms with van der Waals surface area (Å²) in [6.07, 6.45) is 0.376. The number of Topliss-reactive ketones (excluding diaryl/α,β-unsaturated/α-hetero) is 1. The van der Waals surface area contributed by atoms with E-state index in [0.717, 1.165) is 5.69 Å². The van der Waals surface area contributed by atoms with Crippen LogP contribution in [0.4, 0.5) is 11.4 Å². The normalized spacial score (nSPS) is 10.3. The van der Waals surface area contributed by atoms with Gasteiger partial charge in [0.05, 0.1) is 0 Å². The summed E-state index contributed by atoms with van der Waals surface area (Å²) in [5.74, 6) is -0.0404. The Balaban J connectivity index is 1.86. The van der Waals surface area contributed by atoms with E-state index < -0.39 is 0 Å². The van der Waals surface area contributed by atoms with Gasteiger partial charge in [-0.15, -0.1) is 0 Å². The summed E-state index contributed by atoms with van der Waals surface area (Å²) in [5.41, 5.74) is 6.05. The van der Waals surface area contributed by atoms with Gasteiger partial charge in [-0.05, 0) is 63.1 Å². The zero-order valence-corrected chi connectivity index (χ0v) is 14.7. The highest BCUT2D eigenvalue weighted by Crippen LogP contribution is 2.21. The summed E-state index contributed by atoms with van der Waals surface area (Å²) >= 11 is 0. The van der Waals surface area contributed by atoms with E-state index in [0.29, 0.717) is 24.2 Å². The third-order valence-electron chi connectivity index (χ3n) is 3.91. The Morgan fingerprint density at radius 1 is 0.958 bits per heavy atom. The number of anilines is 2. The highest BCUT2D eigenvalue weighted by Gasteiger charge is 2.06. The number of ketones is 1. The molecule has 0 spiro atoms. The van der Waals surface area contributed by atoms with Gasteiger partial charge in [0.2, 0.25) is 5.91 Å². The molecular formula is C20H24N2O2. The van der Waals surface area contributed by atoms with Gasteiger partial charge in [0.25, 0.3) is 0 Å². The molecule has 2 aromatic carbocycles. The first-order valence-electron chi connectivity index (χ1n) is 8.09. The second-order valence-electron chi connectivity index (χ2n) is 6.13. The van der Waals surface area contributed by atoms with E-state index in [1.807, 2.05) is 0 Å². The van der Waals surface area contributed by atoms with Crippen LogP contribution in [0.1, 0.15) is 40.4 Å². The maximum Gasteiger partial charge on any atom is 0.226 e. The Labute approximate surface area is 143 Å². The lowest BCUT2D eigenvalue weighted by molar-refractivity contribution is -0.115. The zero-order chi connectivity index (χ0) is 17.7. The van der Waals surface area contributed by atoms with Crippen LogP contribution >= 0.6 is 0 Å². The first kappa shape index (κ1) is 17.7. The van der Waals surface area contributed by atoms with Crippen molar-refractivity contribution in [2.24, 2.45) is 0 Å². The number of aryl methyl sites for hydroxylation is 3. The van der Waals surface area contributed by atoms with Gasteiger partial charge in [0, 0.05) is 29.9 Å². The van der Waals surface area contributed by atoms with Gasteiger partial charge in [-0.3, -0.25) is 9.59 Å². The summed E-state index contributed by atoms with van der Waals surface area (Å²) in [4.78, 5) is 23.3. The molecule has 24 heavy (non-hydrogen) atoms. The predicted octanol–water partition coefficient (Wildman–Crippen LogP) is 4.26. The van der Waals surface area contributed by atoms with Crippen molar-refractivity contribution in [3.05, 3.63) is 58.7 Å². The number of benzene rings is 2. The standard InChI is InChI=1S/C20H24N2O2/c1-13-11-14(2)20(15(3)12-13)21-10-9-19(24)22-18-7-5-17(6-8-18)16(4)23/h5-8,11-12,21H,9-10H2,1-4H3,(H,22,24). The number of amides is 1. The number of nitrogens with one attached hydrogen (secondary N) is 2. The Morgan fingerprint density at radius 3 is 2.08 bits per heavy atom. The molecule has 0 aliphatic carbocycles. The molecule has 0 aliphatic rings. The molecule has 0 saturated carbocycles. The largest absolute Gasteiger partial charge is 0.384 e. The van der Waals surface area contributed by atoms with Crippen LogP contribution < -0.4 is 10.6 Å². The van der Waals surface area contributed by atoms with Crippen LogP contribution in [0, 0.1) is 20.8 Å². The van der Waals surface area contributed by atoms with E-state index in [2.05, 4.69) is 43.5 Å². The van der Waals surface area contributed by atoms with Gasteiger partial charge in [-0.2, -0.15) is 0 Å². The Kier molecular flexibility index (Phi) is 5.74.